The summed E-state index contributed by atoms with van der Waals surface area (Å²) in [6.07, 6.45) is 0. The van der Waals surface area contributed by atoms with E-state index in [1.807, 2.05) is 30.3 Å². The summed E-state index contributed by atoms with van der Waals surface area (Å²) >= 11 is 15.6. The van der Waals surface area contributed by atoms with Crippen LogP contribution in [0.4, 0.5) is 0 Å². The van der Waals surface area contributed by atoms with Gasteiger partial charge in [-0.25, -0.2) is 0 Å². The van der Waals surface area contributed by atoms with E-state index in [1.54, 1.807) is 24.3 Å². The maximum Gasteiger partial charge on any atom is 0.182 e. The van der Waals surface area contributed by atoms with Gasteiger partial charge >= 0.3 is 0 Å². The highest BCUT2D eigenvalue weighted by Gasteiger charge is 2.26. The molecule has 0 amide bonds. The van der Waals surface area contributed by atoms with Crippen LogP contribution in [-0.2, 0) is 0 Å². The fraction of sp³-hybridized carbons (Fsp3) is 0.133. The van der Waals surface area contributed by atoms with Crippen LogP contribution in [0.3, 0.4) is 0 Å². The second-order valence-corrected chi connectivity index (χ2v) is 5.98. The number of alkyl halides is 2. The average Bonchev–Trinajstić information content (AvgIpc) is 2.46. The minimum absolute atomic E-state index is 0.0981. The van der Waals surface area contributed by atoms with Crippen molar-refractivity contribution in [2.45, 2.75) is 10.2 Å². The molecule has 0 aliphatic rings. The Balaban J connectivity index is 2.17. The molecule has 2 aromatic rings. The Bertz CT molecular complexity index is 554. The Labute approximate surface area is 130 Å². The van der Waals surface area contributed by atoms with Gasteiger partial charge in [0.25, 0.3) is 0 Å². The van der Waals surface area contributed by atoms with Crippen molar-refractivity contribution in [3.8, 4) is 0 Å². The fourth-order valence-corrected chi connectivity index (χ4v) is 2.65. The van der Waals surface area contributed by atoms with Gasteiger partial charge in [-0.05, 0) is 17.7 Å². The summed E-state index contributed by atoms with van der Waals surface area (Å²) in [6, 6.07) is 16.3. The molecule has 0 aliphatic carbocycles. The molecule has 2 rings (SSSR count). The van der Waals surface area contributed by atoms with Crippen LogP contribution in [0.1, 0.15) is 20.7 Å². The van der Waals surface area contributed by atoms with Gasteiger partial charge in [-0.3, -0.25) is 4.79 Å². The molecule has 0 bridgehead atoms. The fourth-order valence-electron chi connectivity index (χ4n) is 1.71. The van der Waals surface area contributed by atoms with Crippen molar-refractivity contribution in [3.05, 3.63) is 70.7 Å². The van der Waals surface area contributed by atoms with E-state index in [9.17, 15) is 4.79 Å². The maximum absolute atomic E-state index is 12.2. The third-order valence-corrected chi connectivity index (χ3v) is 4.82. The van der Waals surface area contributed by atoms with Crippen LogP contribution < -0.4 is 0 Å². The minimum atomic E-state index is -0.663. The van der Waals surface area contributed by atoms with Gasteiger partial charge in [-0.15, -0.1) is 11.6 Å². The van der Waals surface area contributed by atoms with Crippen LogP contribution in [0.15, 0.2) is 54.6 Å². The molecule has 1 nitrogen and oxygen atoms in total. The Hall–Kier alpha value is -0.830. The lowest BCUT2D eigenvalue weighted by molar-refractivity contribution is 0.0986. The summed E-state index contributed by atoms with van der Waals surface area (Å²) in [7, 11) is 0. The van der Waals surface area contributed by atoms with Crippen LogP contribution in [-0.4, -0.2) is 11.2 Å². The average molecular weight is 358 g/mol. The van der Waals surface area contributed by atoms with Crippen molar-refractivity contribution >= 4 is 44.9 Å². The van der Waals surface area contributed by atoms with Gasteiger partial charge in [0, 0.05) is 10.6 Å². The van der Waals surface area contributed by atoms with Crippen molar-refractivity contribution in [1.29, 1.82) is 0 Å². The second-order valence-electron chi connectivity index (χ2n) is 4.09. The molecule has 0 saturated carbocycles. The smallest absolute Gasteiger partial charge is 0.182 e. The van der Waals surface area contributed by atoms with Crippen LogP contribution in [0.25, 0.3) is 0 Å². The third kappa shape index (κ3) is 3.59. The van der Waals surface area contributed by atoms with Crippen molar-refractivity contribution in [3.63, 3.8) is 0 Å². The zero-order valence-corrected chi connectivity index (χ0v) is 13.0. The second kappa shape index (κ2) is 6.56. The molecular formula is C15H11BrCl2O. The Kier molecular flexibility index (Phi) is 5.03. The van der Waals surface area contributed by atoms with E-state index in [0.717, 1.165) is 5.56 Å². The largest absolute Gasteiger partial charge is 0.292 e. The first kappa shape index (κ1) is 14.6. The first-order chi connectivity index (χ1) is 9.09. The van der Waals surface area contributed by atoms with Gasteiger partial charge in [-0.2, -0.15) is 0 Å². The van der Waals surface area contributed by atoms with E-state index >= 15 is 0 Å². The molecule has 2 atom stereocenters. The maximum atomic E-state index is 12.2. The topological polar surface area (TPSA) is 17.1 Å². The van der Waals surface area contributed by atoms with Crippen LogP contribution in [0.2, 0.25) is 5.02 Å². The van der Waals surface area contributed by atoms with Gasteiger partial charge in [0.15, 0.2) is 5.78 Å². The van der Waals surface area contributed by atoms with Gasteiger partial charge < -0.3 is 0 Å². The van der Waals surface area contributed by atoms with E-state index in [0.29, 0.717) is 10.6 Å². The van der Waals surface area contributed by atoms with Crippen LogP contribution in [0, 0.1) is 0 Å². The first-order valence-corrected chi connectivity index (χ1v) is 7.45. The van der Waals surface area contributed by atoms with Crippen molar-refractivity contribution < 1.29 is 4.79 Å². The minimum Gasteiger partial charge on any atom is -0.292 e. The Morgan fingerprint density at radius 3 is 2.16 bits per heavy atom. The van der Waals surface area contributed by atoms with Gasteiger partial charge in [0.2, 0.25) is 0 Å². The van der Waals surface area contributed by atoms with Gasteiger partial charge in [0.1, 0.15) is 5.38 Å². The van der Waals surface area contributed by atoms with Gasteiger partial charge in [-0.1, -0.05) is 70.0 Å². The molecule has 0 saturated heterocycles. The normalized spacial score (nSPS) is 13.8. The van der Waals surface area contributed by atoms with E-state index in [4.69, 9.17) is 23.2 Å². The predicted octanol–water partition coefficient (Wildman–Crippen LogP) is 5.27. The zero-order chi connectivity index (χ0) is 13.8. The van der Waals surface area contributed by atoms with Crippen molar-refractivity contribution in [1.82, 2.24) is 0 Å². The number of ketones is 1. The number of benzene rings is 2. The summed E-state index contributed by atoms with van der Waals surface area (Å²) in [5, 5.41) is -0.00691. The molecule has 2 aromatic carbocycles. The molecule has 0 N–H and O–H groups in total. The number of rotatable bonds is 4. The molecule has 0 unspecified atom stereocenters. The lowest BCUT2D eigenvalue weighted by Crippen LogP contribution is -2.19. The highest BCUT2D eigenvalue weighted by molar-refractivity contribution is 9.09. The summed E-state index contributed by atoms with van der Waals surface area (Å²) in [6.45, 7) is 0. The summed E-state index contributed by atoms with van der Waals surface area (Å²) in [5.41, 5.74) is 1.54. The quantitative estimate of drug-likeness (QED) is 0.538. The molecule has 0 heterocycles. The summed E-state index contributed by atoms with van der Waals surface area (Å²) in [5.74, 6) is -0.0981. The summed E-state index contributed by atoms with van der Waals surface area (Å²) < 4.78 is 0. The Morgan fingerprint density at radius 2 is 1.58 bits per heavy atom. The number of carbonyl (C=O) groups excluding carboxylic acids is 1. The third-order valence-electron chi connectivity index (χ3n) is 2.75. The molecule has 0 radical (unpaired) electrons. The number of carbonyl (C=O) groups is 1. The molecule has 98 valence electrons. The molecule has 0 fully saturated rings. The monoisotopic (exact) mass is 356 g/mol. The van der Waals surface area contributed by atoms with Crippen molar-refractivity contribution in [2.75, 3.05) is 0 Å². The van der Waals surface area contributed by atoms with E-state index < -0.39 is 5.38 Å². The molecule has 19 heavy (non-hydrogen) atoms. The number of hydrogen-bond donors (Lipinski definition) is 0. The number of hydrogen-bond acceptors (Lipinski definition) is 1. The van der Waals surface area contributed by atoms with Gasteiger partial charge in [0.05, 0.1) is 4.83 Å². The van der Waals surface area contributed by atoms with E-state index in [2.05, 4.69) is 15.9 Å². The molecule has 0 spiro atoms. The summed E-state index contributed by atoms with van der Waals surface area (Å²) in [4.78, 5) is 12.0. The molecule has 4 heteroatoms. The molecular weight excluding hydrogens is 347 g/mol. The first-order valence-electron chi connectivity index (χ1n) is 5.72. The number of Topliss-reactive ketones (excluding diaryl/α,β-unsaturated/α-hetero) is 1. The van der Waals surface area contributed by atoms with E-state index in [1.165, 1.54) is 0 Å². The van der Waals surface area contributed by atoms with Crippen LogP contribution in [0.5, 0.6) is 0 Å². The zero-order valence-electron chi connectivity index (χ0n) is 9.89. The number of halogens is 3. The predicted molar refractivity (Wildman–Crippen MR) is 83.5 cm³/mol. The molecule has 0 aromatic heterocycles. The lowest BCUT2D eigenvalue weighted by atomic mass is 10.0. The van der Waals surface area contributed by atoms with E-state index in [-0.39, 0.29) is 10.6 Å². The molecule has 0 aliphatic heterocycles. The van der Waals surface area contributed by atoms with Crippen LogP contribution >= 0.6 is 39.1 Å². The SMILES string of the molecule is O=C(c1ccccc1)[C@H](Cl)[C@H](Br)c1ccc(Cl)cc1. The lowest BCUT2D eigenvalue weighted by Gasteiger charge is -2.16. The highest BCUT2D eigenvalue weighted by Crippen LogP contribution is 2.32. The Morgan fingerprint density at radius 1 is 1.00 bits per heavy atom. The highest BCUT2D eigenvalue weighted by atomic mass is 79.9. The van der Waals surface area contributed by atoms with Crippen molar-refractivity contribution in [2.24, 2.45) is 0 Å². The standard InChI is InChI=1S/C15H11BrCl2O/c16-13(10-6-8-12(17)9-7-10)14(18)15(19)11-4-2-1-3-5-11/h1-9,13-14H/t13-,14-/m1/s1.